The Kier molecular flexibility index (Phi) is 0.256. The van der Waals surface area contributed by atoms with Gasteiger partial charge in [0.15, 0.2) is 0 Å². The van der Waals surface area contributed by atoms with Gasteiger partial charge in [-0.3, -0.25) is 0 Å². The summed E-state index contributed by atoms with van der Waals surface area (Å²) in [6.07, 6.45) is 0.583. The molecule has 24 valence electrons. The molecule has 1 fully saturated rings. The highest BCUT2D eigenvalue weighted by Gasteiger charge is 2.13. The van der Waals surface area contributed by atoms with E-state index in [4.69, 9.17) is 4.74 Å². The van der Waals surface area contributed by atoms with Crippen molar-refractivity contribution < 1.29 is 6.16 Å². The smallest absolute Gasteiger partial charge is 0.373 e. The molecule has 1 heteroatoms. The van der Waals surface area contributed by atoms with Crippen LogP contribution in [0.4, 0.5) is 0 Å². The van der Waals surface area contributed by atoms with Crippen molar-refractivity contribution in [2.45, 2.75) is 13.0 Å². The highest BCUT2D eigenvalue weighted by Crippen LogP contribution is 2.04. The molecule has 0 spiro atoms. The third-order valence-electron chi connectivity index (χ3n) is 0.500. The number of rotatable bonds is 0. The average Bonchev–Trinajstić information content (AvgIpc) is 1.75. The molecule has 0 radical (unpaired) electrons. The summed E-state index contributed by atoms with van der Waals surface area (Å²) < 4.78 is 4.71. The molecule has 0 bridgehead atoms. The van der Waals surface area contributed by atoms with Crippen LogP contribution in [0.3, 0.4) is 0 Å². The van der Waals surface area contributed by atoms with E-state index < -0.39 is 0 Å². The summed E-state index contributed by atoms with van der Waals surface area (Å²) in [6.45, 7) is 3.04. The van der Waals surface area contributed by atoms with Crippen molar-refractivity contribution in [2.75, 3.05) is 6.61 Å². The first-order chi connectivity index (χ1) is 1.89. The molecule has 0 saturated carbocycles. The second-order valence-electron chi connectivity index (χ2n) is 1.14. The van der Waals surface area contributed by atoms with Crippen molar-refractivity contribution >= 4 is 0 Å². The first-order valence-electron chi connectivity index (χ1n) is 1.51. The monoisotopic (exact) mass is 59.0 g/mol. The van der Waals surface area contributed by atoms with E-state index in [1.807, 2.05) is 0 Å². The van der Waals surface area contributed by atoms with Crippen LogP contribution in [-0.4, -0.2) is 12.7 Å². The van der Waals surface area contributed by atoms with Crippen LogP contribution in [0.25, 0.3) is 0 Å². The van der Waals surface area contributed by atoms with Gasteiger partial charge in [-0.1, -0.05) is 0 Å². The van der Waals surface area contributed by atoms with Gasteiger partial charge in [0.1, 0.15) is 0 Å². The Hall–Kier alpha value is -0.0400. The highest BCUT2D eigenvalue weighted by molar-refractivity contribution is 4.58. The molecule has 0 aromatic heterocycles. The van der Waals surface area contributed by atoms with Crippen molar-refractivity contribution in [2.24, 2.45) is 0 Å². The van der Waals surface area contributed by atoms with Gasteiger partial charge >= 0.3 is 1.43 Å². The fourth-order valence-electron chi connectivity index (χ4n) is 0.0962. The first-order valence-corrected chi connectivity index (χ1v) is 1.51. The zero-order chi connectivity index (χ0) is 2.99. The van der Waals surface area contributed by atoms with Crippen LogP contribution in [0, 0.1) is 0 Å². The topological polar surface area (TPSA) is 12.5 Å². The Morgan fingerprint density at radius 3 is 2.50 bits per heavy atom. The molecule has 1 unspecified atom stereocenters. The van der Waals surface area contributed by atoms with Crippen molar-refractivity contribution in [3.05, 3.63) is 0 Å². The normalized spacial score (nSPS) is 39.8. The van der Waals surface area contributed by atoms with E-state index in [9.17, 15) is 0 Å². The first kappa shape index (κ1) is 2.21. The fourth-order valence-corrected chi connectivity index (χ4v) is 0.0962. The van der Waals surface area contributed by atoms with Crippen LogP contribution < -0.4 is 0 Å². The van der Waals surface area contributed by atoms with E-state index >= 15 is 0 Å². The van der Waals surface area contributed by atoms with Crippen molar-refractivity contribution in [3.8, 4) is 0 Å². The predicted octanol–water partition coefficient (Wildman–Crippen LogP) is 0.518. The van der Waals surface area contributed by atoms with Crippen molar-refractivity contribution in [1.82, 2.24) is 0 Å². The van der Waals surface area contributed by atoms with Gasteiger partial charge in [0.25, 0.3) is 0 Å². The van der Waals surface area contributed by atoms with Gasteiger partial charge in [-0.15, -0.1) is 0 Å². The van der Waals surface area contributed by atoms with Gasteiger partial charge in [-0.2, -0.15) is 0 Å². The lowest BCUT2D eigenvalue weighted by Crippen LogP contribution is -1.60. The summed E-state index contributed by atoms with van der Waals surface area (Å²) >= 11 is 0. The summed E-state index contributed by atoms with van der Waals surface area (Å²) in [5, 5.41) is 0. The molecule has 0 aliphatic carbocycles. The van der Waals surface area contributed by atoms with Crippen LogP contribution in [0.15, 0.2) is 0 Å². The average molecular weight is 59.1 g/mol. The van der Waals surface area contributed by atoms with E-state index in [0.29, 0.717) is 6.10 Å². The standard InChI is InChI=1S/C3H6O/c1-3-2-4-3/h3H,2H2,1H3/p+1. The number of hydrogen-bond donors (Lipinski definition) is 0. The molecule has 1 rings (SSSR count). The summed E-state index contributed by atoms with van der Waals surface area (Å²) in [4.78, 5) is 0. The van der Waals surface area contributed by atoms with Crippen molar-refractivity contribution in [1.29, 1.82) is 0 Å². The molecule has 1 nitrogen and oxygen atoms in total. The summed E-state index contributed by atoms with van der Waals surface area (Å²) in [5.41, 5.74) is 0. The van der Waals surface area contributed by atoms with Crippen LogP contribution in [0.1, 0.15) is 8.35 Å². The molecule has 1 aliphatic rings. The van der Waals surface area contributed by atoms with E-state index in [1.165, 1.54) is 0 Å². The molecule has 0 N–H and O–H groups in total. The lowest BCUT2D eigenvalue weighted by atomic mass is 10.6. The van der Waals surface area contributed by atoms with Gasteiger partial charge in [-0.05, 0) is 6.92 Å². The number of epoxide rings is 1. The second kappa shape index (κ2) is 0.462. The minimum Gasteiger partial charge on any atom is -0.373 e. The van der Waals surface area contributed by atoms with Crippen LogP contribution in [0.5, 0.6) is 0 Å². The molecule has 0 aromatic rings. The Morgan fingerprint density at radius 1 is 2.25 bits per heavy atom. The van der Waals surface area contributed by atoms with Gasteiger partial charge < -0.3 is 4.74 Å². The van der Waals surface area contributed by atoms with Gasteiger partial charge in [-0.25, -0.2) is 0 Å². The zero-order valence-electron chi connectivity index (χ0n) is 3.69. The van der Waals surface area contributed by atoms with Crippen LogP contribution >= 0.6 is 0 Å². The molecule has 1 saturated heterocycles. The van der Waals surface area contributed by atoms with Crippen molar-refractivity contribution in [3.63, 3.8) is 0 Å². The molecule has 4 heavy (non-hydrogen) atoms. The summed E-state index contributed by atoms with van der Waals surface area (Å²) in [7, 11) is 0. The quantitative estimate of drug-likeness (QED) is 0.370. The van der Waals surface area contributed by atoms with E-state index in [2.05, 4.69) is 6.92 Å². The zero-order valence-corrected chi connectivity index (χ0v) is 2.69. The third kappa shape index (κ3) is 0.206. The molecular weight excluding hydrogens is 52.0 g/mol. The third-order valence-corrected chi connectivity index (χ3v) is 0.500. The van der Waals surface area contributed by atoms with E-state index in [-0.39, 0.29) is 1.43 Å². The molecule has 1 heterocycles. The maximum absolute atomic E-state index is 4.71. The van der Waals surface area contributed by atoms with E-state index in [1.54, 1.807) is 0 Å². The lowest BCUT2D eigenvalue weighted by molar-refractivity contribution is 0.423. The maximum Gasteiger partial charge on any atom is 1.00 e. The molecular formula is C3H7O+. The van der Waals surface area contributed by atoms with Crippen LogP contribution in [-0.2, 0) is 4.74 Å². The van der Waals surface area contributed by atoms with Gasteiger partial charge in [0.05, 0.1) is 12.7 Å². The Morgan fingerprint density at radius 2 is 2.50 bits per heavy atom. The highest BCUT2D eigenvalue weighted by atomic mass is 16.6. The van der Waals surface area contributed by atoms with Gasteiger partial charge in [0, 0.05) is 0 Å². The Labute approximate surface area is 27.1 Å². The number of hydrogen-bond acceptors (Lipinski definition) is 1. The Balaban J connectivity index is 0.000000160. The molecule has 1 aliphatic heterocycles. The molecule has 1 atom stereocenters. The Bertz CT molecular complexity index is 26.1. The molecule has 0 aromatic carbocycles. The SMILES string of the molecule is CC1CO1.[H+]. The largest absolute Gasteiger partial charge is 1.00 e. The minimum atomic E-state index is 0. The molecule has 0 amide bonds. The minimum absolute atomic E-state index is 0. The van der Waals surface area contributed by atoms with Crippen LogP contribution in [0.2, 0.25) is 0 Å². The van der Waals surface area contributed by atoms with E-state index in [0.717, 1.165) is 6.61 Å². The maximum atomic E-state index is 4.71. The lowest BCUT2D eigenvalue weighted by Gasteiger charge is -1.50. The second-order valence-corrected chi connectivity index (χ2v) is 1.14. The summed E-state index contributed by atoms with van der Waals surface area (Å²) in [6, 6.07) is 0. The summed E-state index contributed by atoms with van der Waals surface area (Å²) in [5.74, 6) is 0. The predicted molar refractivity (Wildman–Crippen MR) is 16.5 cm³/mol. The number of ether oxygens (including phenoxy) is 1. The fraction of sp³-hybridized carbons (Fsp3) is 1.00. The van der Waals surface area contributed by atoms with Gasteiger partial charge in [0.2, 0.25) is 0 Å².